The standard InChI is InChI=1S/C19H31FN4O3S.HI/c1-15(8-13-28(3,25)26)23-19(21-2)22-14-18(24-9-11-27-12-10-24)16-4-6-17(20)7-5-16;/h4-7,15,18H,8-14H2,1-3H3,(H2,21,22,23);1H. The predicted octanol–water partition coefficient (Wildman–Crippen LogP) is 1.81. The second-order valence-corrected chi connectivity index (χ2v) is 9.39. The van der Waals surface area contributed by atoms with Crippen molar-refractivity contribution in [2.45, 2.75) is 25.4 Å². The summed E-state index contributed by atoms with van der Waals surface area (Å²) in [5.74, 6) is 0.487. The maximum absolute atomic E-state index is 13.3. The number of sulfone groups is 1. The van der Waals surface area contributed by atoms with Crippen molar-refractivity contribution in [3.05, 3.63) is 35.6 Å². The average molecular weight is 542 g/mol. The molecule has 1 aromatic rings. The lowest BCUT2D eigenvalue weighted by Crippen LogP contribution is -2.48. The van der Waals surface area contributed by atoms with Crippen molar-refractivity contribution in [2.24, 2.45) is 4.99 Å². The molecule has 0 radical (unpaired) electrons. The minimum absolute atomic E-state index is 0. The molecule has 2 unspecified atom stereocenters. The van der Waals surface area contributed by atoms with Crippen LogP contribution < -0.4 is 10.6 Å². The van der Waals surface area contributed by atoms with Crippen molar-refractivity contribution in [1.82, 2.24) is 15.5 Å². The Hall–Kier alpha value is -0.980. The van der Waals surface area contributed by atoms with Crippen LogP contribution in [-0.2, 0) is 14.6 Å². The SMILES string of the molecule is CN=C(NCC(c1ccc(F)cc1)N1CCOCC1)NC(C)CCS(C)(=O)=O.I. The molecular formula is C19H32FIN4O3S. The Morgan fingerprint density at radius 1 is 1.28 bits per heavy atom. The molecule has 2 rings (SSSR count). The summed E-state index contributed by atoms with van der Waals surface area (Å²) in [7, 11) is -1.31. The van der Waals surface area contributed by atoms with E-state index < -0.39 is 9.84 Å². The van der Waals surface area contributed by atoms with Gasteiger partial charge in [-0.15, -0.1) is 24.0 Å². The van der Waals surface area contributed by atoms with Gasteiger partial charge in [-0.3, -0.25) is 9.89 Å². The lowest BCUT2D eigenvalue weighted by molar-refractivity contribution is 0.0170. The van der Waals surface area contributed by atoms with Crippen LogP contribution in [-0.4, -0.2) is 77.2 Å². The number of morpholine rings is 1. The topological polar surface area (TPSA) is 83.0 Å². The summed E-state index contributed by atoms with van der Waals surface area (Å²) in [6.45, 7) is 5.48. The van der Waals surface area contributed by atoms with Gasteiger partial charge in [-0.05, 0) is 31.0 Å². The molecule has 0 aliphatic carbocycles. The van der Waals surface area contributed by atoms with Gasteiger partial charge in [-0.2, -0.15) is 0 Å². The van der Waals surface area contributed by atoms with Crippen molar-refractivity contribution in [1.29, 1.82) is 0 Å². The van der Waals surface area contributed by atoms with E-state index in [0.717, 1.165) is 18.7 Å². The van der Waals surface area contributed by atoms with Crippen LogP contribution in [0.1, 0.15) is 24.9 Å². The number of halogens is 2. The minimum Gasteiger partial charge on any atom is -0.379 e. The minimum atomic E-state index is -2.99. The van der Waals surface area contributed by atoms with Gasteiger partial charge in [0.2, 0.25) is 0 Å². The molecule has 7 nitrogen and oxygen atoms in total. The van der Waals surface area contributed by atoms with Crippen molar-refractivity contribution in [3.8, 4) is 0 Å². The molecule has 0 aromatic heterocycles. The van der Waals surface area contributed by atoms with Crippen molar-refractivity contribution in [2.75, 3.05) is 51.9 Å². The van der Waals surface area contributed by atoms with Gasteiger partial charge in [0.1, 0.15) is 15.7 Å². The number of hydrogen-bond donors (Lipinski definition) is 2. The fraction of sp³-hybridized carbons (Fsp3) is 0.632. The van der Waals surface area contributed by atoms with E-state index in [1.54, 1.807) is 7.05 Å². The van der Waals surface area contributed by atoms with Crippen LogP contribution in [0.15, 0.2) is 29.3 Å². The summed E-state index contributed by atoms with van der Waals surface area (Å²) in [5.41, 5.74) is 1.02. The van der Waals surface area contributed by atoms with E-state index >= 15 is 0 Å². The predicted molar refractivity (Wildman–Crippen MR) is 125 cm³/mol. The Kier molecular flexibility index (Phi) is 11.4. The highest BCUT2D eigenvalue weighted by Crippen LogP contribution is 2.21. The van der Waals surface area contributed by atoms with Gasteiger partial charge in [0.25, 0.3) is 0 Å². The summed E-state index contributed by atoms with van der Waals surface area (Å²) in [4.78, 5) is 6.55. The average Bonchev–Trinajstić information content (AvgIpc) is 2.67. The zero-order valence-electron chi connectivity index (χ0n) is 17.2. The molecule has 0 spiro atoms. The fourth-order valence-electron chi connectivity index (χ4n) is 3.12. The molecule has 0 saturated carbocycles. The summed E-state index contributed by atoms with van der Waals surface area (Å²) >= 11 is 0. The molecule has 1 fully saturated rings. The lowest BCUT2D eigenvalue weighted by atomic mass is 10.0. The van der Waals surface area contributed by atoms with Crippen LogP contribution in [0.4, 0.5) is 4.39 Å². The zero-order valence-corrected chi connectivity index (χ0v) is 20.4. The number of rotatable bonds is 8. The third kappa shape index (κ3) is 9.58. The van der Waals surface area contributed by atoms with Crippen LogP contribution in [0.5, 0.6) is 0 Å². The highest BCUT2D eigenvalue weighted by molar-refractivity contribution is 14.0. The molecule has 2 N–H and O–H groups in total. The Bertz CT molecular complexity index is 740. The number of nitrogens with zero attached hydrogens (tertiary/aromatic N) is 2. The van der Waals surface area contributed by atoms with E-state index in [1.807, 2.05) is 19.1 Å². The summed E-state index contributed by atoms with van der Waals surface area (Å²) < 4.78 is 41.5. The molecule has 10 heteroatoms. The Labute approximate surface area is 190 Å². The quantitative estimate of drug-likeness (QED) is 0.296. The molecule has 1 aliphatic heterocycles. The Morgan fingerprint density at radius 3 is 2.45 bits per heavy atom. The van der Waals surface area contributed by atoms with Crippen LogP contribution >= 0.6 is 24.0 Å². The number of benzene rings is 1. The van der Waals surface area contributed by atoms with E-state index in [1.165, 1.54) is 18.4 Å². The molecule has 1 aliphatic rings. The third-order valence-electron chi connectivity index (χ3n) is 4.73. The first-order valence-electron chi connectivity index (χ1n) is 9.50. The van der Waals surface area contributed by atoms with E-state index in [9.17, 15) is 12.8 Å². The molecule has 1 saturated heterocycles. The number of guanidine groups is 1. The monoisotopic (exact) mass is 542 g/mol. The first-order chi connectivity index (χ1) is 13.3. The van der Waals surface area contributed by atoms with E-state index in [-0.39, 0.29) is 47.6 Å². The third-order valence-corrected chi connectivity index (χ3v) is 5.71. The molecular weight excluding hydrogens is 510 g/mol. The van der Waals surface area contributed by atoms with Crippen LogP contribution in [0.25, 0.3) is 0 Å². The van der Waals surface area contributed by atoms with Crippen molar-refractivity contribution in [3.63, 3.8) is 0 Å². The molecule has 0 bridgehead atoms. The fourth-order valence-corrected chi connectivity index (χ4v) is 3.90. The lowest BCUT2D eigenvalue weighted by Gasteiger charge is -2.35. The maximum atomic E-state index is 13.3. The number of nitrogens with one attached hydrogen (secondary N) is 2. The first-order valence-corrected chi connectivity index (χ1v) is 11.6. The Balaban J connectivity index is 0.00000420. The largest absolute Gasteiger partial charge is 0.379 e. The molecule has 2 atom stereocenters. The van der Waals surface area contributed by atoms with Crippen LogP contribution in [0.3, 0.4) is 0 Å². The van der Waals surface area contributed by atoms with E-state index in [0.29, 0.717) is 32.1 Å². The second-order valence-electron chi connectivity index (χ2n) is 7.13. The molecule has 166 valence electrons. The van der Waals surface area contributed by atoms with Crippen molar-refractivity contribution >= 4 is 39.8 Å². The van der Waals surface area contributed by atoms with E-state index in [4.69, 9.17) is 4.74 Å². The van der Waals surface area contributed by atoms with E-state index in [2.05, 4.69) is 20.5 Å². The highest BCUT2D eigenvalue weighted by Gasteiger charge is 2.23. The number of ether oxygens (including phenoxy) is 1. The van der Waals surface area contributed by atoms with Gasteiger partial charge in [0.15, 0.2) is 5.96 Å². The van der Waals surface area contributed by atoms with Gasteiger partial charge in [0.05, 0.1) is 25.0 Å². The second kappa shape index (κ2) is 12.7. The maximum Gasteiger partial charge on any atom is 0.191 e. The molecule has 1 aromatic carbocycles. The molecule has 0 amide bonds. The van der Waals surface area contributed by atoms with Gasteiger partial charge in [0, 0.05) is 39.0 Å². The zero-order chi connectivity index (χ0) is 20.6. The van der Waals surface area contributed by atoms with Crippen LogP contribution in [0.2, 0.25) is 0 Å². The summed E-state index contributed by atoms with van der Waals surface area (Å²) in [5, 5.41) is 6.55. The first kappa shape index (κ1) is 26.1. The van der Waals surface area contributed by atoms with Crippen LogP contribution in [0, 0.1) is 5.82 Å². The number of hydrogen-bond acceptors (Lipinski definition) is 5. The van der Waals surface area contributed by atoms with Gasteiger partial charge < -0.3 is 15.4 Å². The van der Waals surface area contributed by atoms with Gasteiger partial charge in [-0.1, -0.05) is 12.1 Å². The molecule has 1 heterocycles. The summed E-state index contributed by atoms with van der Waals surface area (Å²) in [6.07, 6.45) is 1.74. The van der Waals surface area contributed by atoms with Crippen molar-refractivity contribution < 1.29 is 17.5 Å². The van der Waals surface area contributed by atoms with Gasteiger partial charge >= 0.3 is 0 Å². The molecule has 29 heavy (non-hydrogen) atoms. The summed E-state index contributed by atoms with van der Waals surface area (Å²) in [6, 6.07) is 6.58. The Morgan fingerprint density at radius 2 is 1.90 bits per heavy atom. The number of aliphatic imine (C=N–C) groups is 1. The van der Waals surface area contributed by atoms with Gasteiger partial charge in [-0.25, -0.2) is 12.8 Å². The normalized spacial score (nSPS) is 17.9. The smallest absolute Gasteiger partial charge is 0.191 e. The highest BCUT2D eigenvalue weighted by atomic mass is 127.